The highest BCUT2D eigenvalue weighted by Crippen LogP contribution is 2.26. The van der Waals surface area contributed by atoms with Crippen molar-refractivity contribution in [3.8, 4) is 0 Å². The molecular weight excluding hydrogens is 194 g/mol. The van der Waals surface area contributed by atoms with E-state index in [2.05, 4.69) is 18.7 Å². The second-order valence-corrected chi connectivity index (χ2v) is 5.01. The molecule has 1 rings (SSSR count). The van der Waals surface area contributed by atoms with Crippen LogP contribution in [0.15, 0.2) is 0 Å². The highest BCUT2D eigenvalue weighted by molar-refractivity contribution is 6.17. The van der Waals surface area contributed by atoms with E-state index < -0.39 is 0 Å². The van der Waals surface area contributed by atoms with E-state index in [-0.39, 0.29) is 0 Å². The van der Waals surface area contributed by atoms with Gasteiger partial charge in [-0.2, -0.15) is 0 Å². The fourth-order valence-electron chi connectivity index (χ4n) is 1.97. The molecule has 0 aromatic heterocycles. The van der Waals surface area contributed by atoms with Gasteiger partial charge in [0.25, 0.3) is 0 Å². The molecule has 1 aliphatic rings. The van der Waals surface area contributed by atoms with Gasteiger partial charge in [-0.3, -0.25) is 0 Å². The minimum absolute atomic E-state index is 0.809. The lowest BCUT2D eigenvalue weighted by Gasteiger charge is -2.39. The van der Waals surface area contributed by atoms with Gasteiger partial charge in [-0.15, -0.1) is 11.6 Å². The van der Waals surface area contributed by atoms with Crippen LogP contribution < -0.4 is 0 Å². The minimum Gasteiger partial charge on any atom is -0.300 e. The van der Waals surface area contributed by atoms with Gasteiger partial charge in [0.1, 0.15) is 0 Å². The number of hydrogen-bond acceptors (Lipinski definition) is 1. The molecule has 0 aliphatic heterocycles. The second kappa shape index (κ2) is 6.68. The van der Waals surface area contributed by atoms with Crippen molar-refractivity contribution in [2.45, 2.75) is 52.0 Å². The molecule has 1 unspecified atom stereocenters. The molecule has 1 saturated carbocycles. The zero-order valence-electron chi connectivity index (χ0n) is 9.64. The summed E-state index contributed by atoms with van der Waals surface area (Å²) in [7, 11) is 0. The normalized spacial score (nSPS) is 19.7. The number of halogens is 1. The van der Waals surface area contributed by atoms with Crippen molar-refractivity contribution in [3.63, 3.8) is 0 Å². The summed E-state index contributed by atoms with van der Waals surface area (Å²) in [6.07, 6.45) is 6.71. The predicted octanol–water partition coefficient (Wildman–Crippen LogP) is 3.52. The van der Waals surface area contributed by atoms with Gasteiger partial charge in [0.05, 0.1) is 0 Å². The smallest absolute Gasteiger partial charge is 0.0235 e. The summed E-state index contributed by atoms with van der Waals surface area (Å²) in [5.41, 5.74) is 0. The number of alkyl halides is 1. The molecule has 0 saturated heterocycles. The molecule has 0 aromatic rings. The molecule has 1 aliphatic carbocycles. The predicted molar refractivity (Wildman–Crippen MR) is 64.0 cm³/mol. The maximum absolute atomic E-state index is 5.76. The fourth-order valence-corrected chi connectivity index (χ4v) is 2.09. The molecule has 2 heteroatoms. The second-order valence-electron chi connectivity index (χ2n) is 4.64. The van der Waals surface area contributed by atoms with Crippen molar-refractivity contribution >= 4 is 11.6 Å². The monoisotopic (exact) mass is 217 g/mol. The van der Waals surface area contributed by atoms with Crippen molar-refractivity contribution < 1.29 is 0 Å². The highest BCUT2D eigenvalue weighted by atomic mass is 35.5. The third-order valence-electron chi connectivity index (χ3n) is 3.41. The van der Waals surface area contributed by atoms with Crippen LogP contribution in [-0.4, -0.2) is 29.9 Å². The molecule has 0 spiro atoms. The van der Waals surface area contributed by atoms with Crippen LogP contribution in [0.1, 0.15) is 46.0 Å². The first kappa shape index (κ1) is 12.3. The Morgan fingerprint density at radius 3 is 2.57 bits per heavy atom. The van der Waals surface area contributed by atoms with Crippen LogP contribution in [-0.2, 0) is 0 Å². The summed E-state index contributed by atoms with van der Waals surface area (Å²) in [5.74, 6) is 1.65. The van der Waals surface area contributed by atoms with Crippen molar-refractivity contribution in [3.05, 3.63) is 0 Å². The first-order valence-electron chi connectivity index (χ1n) is 6.08. The van der Waals surface area contributed by atoms with Crippen LogP contribution in [0, 0.1) is 5.92 Å². The molecule has 0 amide bonds. The van der Waals surface area contributed by atoms with E-state index in [1.807, 2.05) is 0 Å². The highest BCUT2D eigenvalue weighted by Gasteiger charge is 2.24. The summed E-state index contributed by atoms with van der Waals surface area (Å²) < 4.78 is 0. The van der Waals surface area contributed by atoms with Crippen LogP contribution in [0.4, 0.5) is 0 Å². The van der Waals surface area contributed by atoms with E-state index >= 15 is 0 Å². The van der Waals surface area contributed by atoms with Crippen LogP contribution in [0.5, 0.6) is 0 Å². The Balaban J connectivity index is 2.27. The number of rotatable bonds is 7. The molecular formula is C12H24ClN. The van der Waals surface area contributed by atoms with E-state index in [4.69, 9.17) is 11.6 Å². The quantitative estimate of drug-likeness (QED) is 0.590. The number of hydrogen-bond donors (Lipinski definition) is 0. The van der Waals surface area contributed by atoms with E-state index in [9.17, 15) is 0 Å². The van der Waals surface area contributed by atoms with Gasteiger partial charge in [0.2, 0.25) is 0 Å². The third kappa shape index (κ3) is 3.78. The molecule has 1 atom stereocenters. The third-order valence-corrected chi connectivity index (χ3v) is 3.68. The first-order valence-corrected chi connectivity index (χ1v) is 6.61. The van der Waals surface area contributed by atoms with Gasteiger partial charge in [-0.25, -0.2) is 0 Å². The van der Waals surface area contributed by atoms with Gasteiger partial charge >= 0.3 is 0 Å². The van der Waals surface area contributed by atoms with Crippen LogP contribution in [0.2, 0.25) is 0 Å². The van der Waals surface area contributed by atoms with Crippen molar-refractivity contribution in [1.82, 2.24) is 4.90 Å². The van der Waals surface area contributed by atoms with E-state index in [1.165, 1.54) is 38.8 Å². The Morgan fingerprint density at radius 2 is 2.14 bits per heavy atom. The first-order chi connectivity index (χ1) is 6.77. The molecule has 14 heavy (non-hydrogen) atoms. The Bertz CT molecular complexity index is 145. The lowest BCUT2D eigenvalue weighted by molar-refractivity contribution is 0.110. The molecule has 0 aromatic carbocycles. The van der Waals surface area contributed by atoms with Crippen LogP contribution in [0.3, 0.4) is 0 Å². The topological polar surface area (TPSA) is 3.24 Å². The molecule has 1 nitrogen and oxygen atoms in total. The zero-order chi connectivity index (χ0) is 10.4. The maximum atomic E-state index is 5.76. The van der Waals surface area contributed by atoms with Gasteiger partial charge in [-0.05, 0) is 31.7 Å². The molecule has 84 valence electrons. The SMILES string of the molecule is CCC(C)CN(CCCCl)C1CCC1. The molecule has 1 fully saturated rings. The largest absolute Gasteiger partial charge is 0.300 e. The van der Waals surface area contributed by atoms with E-state index in [0.29, 0.717) is 0 Å². The standard InChI is InChI=1S/C12H24ClN/c1-3-11(2)10-14(9-5-8-13)12-6-4-7-12/h11-12H,3-10H2,1-2H3. The summed E-state index contributed by atoms with van der Waals surface area (Å²) in [5, 5.41) is 0. The van der Waals surface area contributed by atoms with E-state index in [1.54, 1.807) is 0 Å². The lowest BCUT2D eigenvalue weighted by atomic mass is 9.90. The van der Waals surface area contributed by atoms with Crippen molar-refractivity contribution in [2.75, 3.05) is 19.0 Å². The molecule has 0 bridgehead atoms. The average Bonchev–Trinajstić information content (AvgIpc) is 2.11. The summed E-state index contributed by atoms with van der Waals surface area (Å²) in [6.45, 7) is 7.12. The molecule has 0 heterocycles. The van der Waals surface area contributed by atoms with Gasteiger partial charge < -0.3 is 4.90 Å². The maximum Gasteiger partial charge on any atom is 0.0235 e. The Morgan fingerprint density at radius 1 is 1.43 bits per heavy atom. The summed E-state index contributed by atoms with van der Waals surface area (Å²) in [6, 6.07) is 0.882. The van der Waals surface area contributed by atoms with E-state index in [0.717, 1.165) is 24.3 Å². The Labute approximate surface area is 93.8 Å². The zero-order valence-corrected chi connectivity index (χ0v) is 10.4. The molecule has 0 radical (unpaired) electrons. The van der Waals surface area contributed by atoms with Crippen molar-refractivity contribution in [1.29, 1.82) is 0 Å². The minimum atomic E-state index is 0.809. The lowest BCUT2D eigenvalue weighted by Crippen LogP contribution is -2.43. The summed E-state index contributed by atoms with van der Waals surface area (Å²) in [4.78, 5) is 2.67. The van der Waals surface area contributed by atoms with Crippen LogP contribution >= 0.6 is 11.6 Å². The van der Waals surface area contributed by atoms with Gasteiger partial charge in [0.15, 0.2) is 0 Å². The number of nitrogens with zero attached hydrogens (tertiary/aromatic N) is 1. The van der Waals surface area contributed by atoms with Crippen molar-refractivity contribution in [2.24, 2.45) is 5.92 Å². The Hall–Kier alpha value is 0.250. The van der Waals surface area contributed by atoms with Gasteiger partial charge in [0, 0.05) is 18.5 Å². The van der Waals surface area contributed by atoms with Crippen LogP contribution in [0.25, 0.3) is 0 Å². The fraction of sp³-hybridized carbons (Fsp3) is 1.00. The summed E-state index contributed by atoms with van der Waals surface area (Å²) >= 11 is 5.76. The molecule has 0 N–H and O–H groups in total. The average molecular weight is 218 g/mol. The Kier molecular flexibility index (Phi) is 5.88. The van der Waals surface area contributed by atoms with Gasteiger partial charge in [-0.1, -0.05) is 26.7 Å².